The van der Waals surface area contributed by atoms with Gasteiger partial charge in [0.2, 0.25) is 0 Å². The number of rotatable bonds is 9. The second-order valence-corrected chi connectivity index (χ2v) is 10.2. The third-order valence-electron chi connectivity index (χ3n) is 6.22. The maximum absolute atomic E-state index is 14.6. The van der Waals surface area contributed by atoms with Gasteiger partial charge < -0.3 is 20.7 Å². The summed E-state index contributed by atoms with van der Waals surface area (Å²) >= 11 is 1.32. The number of nitrogens with one attached hydrogen (secondary N) is 3. The van der Waals surface area contributed by atoms with Crippen molar-refractivity contribution < 1.29 is 22.7 Å². The van der Waals surface area contributed by atoms with Crippen LogP contribution in [-0.2, 0) is 6.42 Å². The Morgan fingerprint density at radius 2 is 2.09 bits per heavy atom. The number of halogens is 3. The summed E-state index contributed by atoms with van der Waals surface area (Å²) in [6, 6.07) is 6.11. The maximum atomic E-state index is 14.6. The summed E-state index contributed by atoms with van der Waals surface area (Å²) in [4.78, 5) is 18.8. The predicted octanol–water partition coefficient (Wildman–Crippen LogP) is 4.51. The molecule has 2 aromatic heterocycles. The quantitative estimate of drug-likeness (QED) is 0.400. The number of anilines is 1. The van der Waals surface area contributed by atoms with Crippen LogP contribution in [0.3, 0.4) is 0 Å². The first-order valence-electron chi connectivity index (χ1n) is 11.8. The maximum Gasteiger partial charge on any atom is 0.263 e. The highest BCUT2D eigenvalue weighted by Gasteiger charge is 2.27. The van der Waals surface area contributed by atoms with Crippen molar-refractivity contribution in [3.63, 3.8) is 0 Å². The Morgan fingerprint density at radius 3 is 2.83 bits per heavy atom. The number of hydrogen-bond donors (Lipinski definition) is 3. The third-order valence-corrected chi connectivity index (χ3v) is 7.31. The lowest BCUT2D eigenvalue weighted by atomic mass is 10.1. The molecule has 1 saturated carbocycles. The number of aryl methyl sites for hydroxylation is 1. The van der Waals surface area contributed by atoms with Crippen LogP contribution in [0.25, 0.3) is 10.2 Å². The van der Waals surface area contributed by atoms with Crippen LogP contribution in [0.1, 0.15) is 40.2 Å². The molecule has 2 fully saturated rings. The molecular formula is C25H27F3N4O2S. The van der Waals surface area contributed by atoms with Gasteiger partial charge in [0.05, 0.1) is 5.69 Å². The van der Waals surface area contributed by atoms with Gasteiger partial charge in [-0.05, 0) is 56.4 Å². The molecule has 1 amide bonds. The molecule has 186 valence electrons. The Kier molecular flexibility index (Phi) is 6.84. The molecular weight excluding hydrogens is 477 g/mol. The fraction of sp³-hybridized carbons (Fsp3) is 0.440. The summed E-state index contributed by atoms with van der Waals surface area (Å²) in [6.07, 6.45) is 1.59. The highest BCUT2D eigenvalue weighted by molar-refractivity contribution is 7.21. The number of carbonyl (C=O) groups excluding carboxylic acids is 1. The molecule has 3 N–H and O–H groups in total. The molecule has 2 aliphatic rings. The van der Waals surface area contributed by atoms with E-state index in [1.807, 2.05) is 19.1 Å². The number of pyridine rings is 1. The summed E-state index contributed by atoms with van der Waals surface area (Å²) in [5, 5.41) is 10.1. The lowest BCUT2D eigenvalue weighted by molar-refractivity contribution is 0.0959. The van der Waals surface area contributed by atoms with Gasteiger partial charge in [-0.2, -0.15) is 0 Å². The number of benzene rings is 1. The van der Waals surface area contributed by atoms with Crippen molar-refractivity contribution in [2.75, 3.05) is 25.0 Å². The third kappa shape index (κ3) is 5.54. The zero-order valence-electron chi connectivity index (χ0n) is 19.3. The van der Waals surface area contributed by atoms with Crippen molar-refractivity contribution in [3.8, 4) is 5.75 Å². The SMILES string of the molecule is Cc1ccc2c(NC3CC3)c(C(=O)NCCc3cc(F)c(OC[C@@H]4CC(F)CN4)cc3F)sc2n1. The molecule has 2 atom stereocenters. The zero-order chi connectivity index (χ0) is 24.5. The van der Waals surface area contributed by atoms with Gasteiger partial charge in [-0.3, -0.25) is 4.79 Å². The van der Waals surface area contributed by atoms with Gasteiger partial charge in [0.1, 0.15) is 28.3 Å². The molecule has 6 nitrogen and oxygen atoms in total. The van der Waals surface area contributed by atoms with Crippen molar-refractivity contribution >= 4 is 33.1 Å². The number of alkyl halides is 1. The average molecular weight is 505 g/mol. The number of thiophene rings is 1. The monoisotopic (exact) mass is 504 g/mol. The number of fused-ring (bicyclic) bond motifs is 1. The van der Waals surface area contributed by atoms with Crippen LogP contribution in [0.2, 0.25) is 0 Å². The van der Waals surface area contributed by atoms with Crippen LogP contribution in [0, 0.1) is 18.6 Å². The topological polar surface area (TPSA) is 75.3 Å². The number of ether oxygens (including phenoxy) is 1. The van der Waals surface area contributed by atoms with Gasteiger partial charge in [-0.25, -0.2) is 18.2 Å². The Balaban J connectivity index is 1.21. The van der Waals surface area contributed by atoms with E-state index in [1.54, 1.807) is 0 Å². The first kappa shape index (κ1) is 23.9. The molecule has 0 spiro atoms. The van der Waals surface area contributed by atoms with E-state index >= 15 is 0 Å². The highest BCUT2D eigenvalue weighted by Crippen LogP contribution is 2.38. The first-order chi connectivity index (χ1) is 16.9. The van der Waals surface area contributed by atoms with Crippen LogP contribution in [-0.4, -0.2) is 48.8 Å². The zero-order valence-corrected chi connectivity index (χ0v) is 20.1. The first-order valence-corrected chi connectivity index (χ1v) is 12.6. The second kappa shape index (κ2) is 10.0. The van der Waals surface area contributed by atoms with Gasteiger partial charge in [0.25, 0.3) is 5.91 Å². The summed E-state index contributed by atoms with van der Waals surface area (Å²) < 4.78 is 47.7. The molecule has 3 aromatic rings. The largest absolute Gasteiger partial charge is 0.489 e. The molecule has 0 radical (unpaired) electrons. The molecule has 1 aliphatic carbocycles. The molecule has 0 bridgehead atoms. The van der Waals surface area contributed by atoms with E-state index in [9.17, 15) is 18.0 Å². The lowest BCUT2D eigenvalue weighted by Gasteiger charge is -2.14. The van der Waals surface area contributed by atoms with E-state index in [0.29, 0.717) is 10.9 Å². The highest BCUT2D eigenvalue weighted by atomic mass is 32.1. The van der Waals surface area contributed by atoms with E-state index in [1.165, 1.54) is 11.3 Å². The molecule has 3 heterocycles. The Hall–Kier alpha value is -2.85. The fourth-order valence-corrected chi connectivity index (χ4v) is 5.26. The minimum absolute atomic E-state index is 0.0625. The number of carbonyl (C=O) groups is 1. The summed E-state index contributed by atoms with van der Waals surface area (Å²) in [6.45, 7) is 2.35. The van der Waals surface area contributed by atoms with E-state index in [2.05, 4.69) is 20.9 Å². The van der Waals surface area contributed by atoms with Crippen LogP contribution in [0.4, 0.5) is 18.9 Å². The molecule has 1 saturated heterocycles. The molecule has 35 heavy (non-hydrogen) atoms. The van der Waals surface area contributed by atoms with Crippen LogP contribution in [0.5, 0.6) is 5.75 Å². The number of hydrogen-bond acceptors (Lipinski definition) is 6. The number of aromatic nitrogens is 1. The smallest absolute Gasteiger partial charge is 0.263 e. The lowest BCUT2D eigenvalue weighted by Crippen LogP contribution is -2.28. The Morgan fingerprint density at radius 1 is 1.26 bits per heavy atom. The number of nitrogens with zero attached hydrogens (tertiary/aromatic N) is 1. The van der Waals surface area contributed by atoms with E-state index in [-0.39, 0.29) is 55.8 Å². The van der Waals surface area contributed by atoms with Gasteiger partial charge in [0.15, 0.2) is 11.6 Å². The number of amides is 1. The van der Waals surface area contributed by atoms with E-state index < -0.39 is 17.8 Å². The van der Waals surface area contributed by atoms with Gasteiger partial charge in [0, 0.05) is 42.3 Å². The van der Waals surface area contributed by atoms with E-state index in [4.69, 9.17) is 4.74 Å². The van der Waals surface area contributed by atoms with Crippen molar-refractivity contribution in [3.05, 3.63) is 52.0 Å². The minimum Gasteiger partial charge on any atom is -0.489 e. The predicted molar refractivity (Wildman–Crippen MR) is 130 cm³/mol. The van der Waals surface area contributed by atoms with Gasteiger partial charge in [-0.1, -0.05) is 0 Å². The average Bonchev–Trinajstić information content (AvgIpc) is 3.44. The van der Waals surface area contributed by atoms with Crippen molar-refractivity contribution in [1.29, 1.82) is 0 Å². The molecule has 1 aromatic carbocycles. The normalized spacial score (nSPS) is 19.8. The second-order valence-electron chi connectivity index (χ2n) is 9.16. The summed E-state index contributed by atoms with van der Waals surface area (Å²) in [5.74, 6) is -1.78. The van der Waals surface area contributed by atoms with E-state index in [0.717, 1.165) is 46.6 Å². The van der Waals surface area contributed by atoms with Crippen LogP contribution < -0.4 is 20.7 Å². The molecule has 1 unspecified atom stereocenters. The van der Waals surface area contributed by atoms with Gasteiger partial charge >= 0.3 is 0 Å². The Bertz CT molecular complexity index is 1250. The molecule has 10 heteroatoms. The molecule has 5 rings (SSSR count). The Labute approximate surface area is 205 Å². The summed E-state index contributed by atoms with van der Waals surface area (Å²) in [5.41, 5.74) is 1.80. The van der Waals surface area contributed by atoms with Crippen molar-refractivity contribution in [2.45, 2.75) is 50.9 Å². The van der Waals surface area contributed by atoms with Crippen molar-refractivity contribution in [1.82, 2.24) is 15.6 Å². The summed E-state index contributed by atoms with van der Waals surface area (Å²) in [7, 11) is 0. The molecule has 1 aliphatic heterocycles. The fourth-order valence-electron chi connectivity index (χ4n) is 4.16. The standard InChI is InChI=1S/C25H27F3N4O2S/c1-13-2-5-18-22(32-16-3-4-16)23(35-25(18)31-13)24(33)29-7-6-14-8-20(28)21(10-19(14)27)34-12-17-9-15(26)11-30-17/h2,5,8,10,15-17,30,32H,3-4,6-7,9,11-12H2,1H3,(H,29,33)/t15?,17-/m0/s1. The minimum atomic E-state index is -0.948. The van der Waals surface area contributed by atoms with Crippen molar-refractivity contribution in [2.24, 2.45) is 0 Å². The van der Waals surface area contributed by atoms with Gasteiger partial charge in [-0.15, -0.1) is 11.3 Å². The van der Waals surface area contributed by atoms with Crippen LogP contribution in [0.15, 0.2) is 24.3 Å². The van der Waals surface area contributed by atoms with Crippen LogP contribution >= 0.6 is 11.3 Å².